The Bertz CT molecular complexity index is 840. The number of hydrogen-bond acceptors (Lipinski definition) is 3. The summed E-state index contributed by atoms with van der Waals surface area (Å²) in [5.41, 5.74) is 4.29. The Balaban J connectivity index is 1.58. The summed E-state index contributed by atoms with van der Waals surface area (Å²) in [4.78, 5) is 12.6. The number of aryl methyl sites for hydroxylation is 2. The van der Waals surface area contributed by atoms with Gasteiger partial charge >= 0.3 is 5.97 Å². The van der Waals surface area contributed by atoms with Gasteiger partial charge in [-0.1, -0.05) is 50.6 Å². The fourth-order valence-corrected chi connectivity index (χ4v) is 4.08. The zero-order valence-electron chi connectivity index (χ0n) is 16.9. The monoisotopic (exact) mass is 375 g/mol. The van der Waals surface area contributed by atoms with E-state index in [9.17, 15) is 10.1 Å². The summed E-state index contributed by atoms with van der Waals surface area (Å²) in [5, 5.41) is 9.39. The van der Waals surface area contributed by atoms with Gasteiger partial charge < -0.3 is 4.74 Å². The van der Waals surface area contributed by atoms with Gasteiger partial charge in [0.1, 0.15) is 11.8 Å². The third-order valence-electron chi connectivity index (χ3n) is 5.83. The molecular weight excluding hydrogens is 346 g/mol. The van der Waals surface area contributed by atoms with Crippen molar-refractivity contribution >= 4 is 5.97 Å². The summed E-state index contributed by atoms with van der Waals surface area (Å²) in [6.07, 6.45) is 6.70. The van der Waals surface area contributed by atoms with Crippen LogP contribution >= 0.6 is 0 Å². The molecule has 1 aliphatic rings. The molecule has 0 aromatic heterocycles. The molecule has 0 saturated heterocycles. The van der Waals surface area contributed by atoms with E-state index < -0.39 is 0 Å². The Hall–Kier alpha value is -2.60. The second kappa shape index (κ2) is 9.55. The molecule has 0 atom stereocenters. The molecule has 0 unspecified atom stereocenters. The minimum Gasteiger partial charge on any atom is -0.425 e. The lowest BCUT2D eigenvalue weighted by atomic mass is 9.78. The summed E-state index contributed by atoms with van der Waals surface area (Å²) in [7, 11) is 0. The molecule has 3 rings (SSSR count). The molecular formula is C25H29NO2. The minimum absolute atomic E-state index is 0.0759. The fraction of sp³-hybridized carbons (Fsp3) is 0.440. The average molecular weight is 376 g/mol. The van der Waals surface area contributed by atoms with E-state index in [1.165, 1.54) is 11.1 Å². The third kappa shape index (κ3) is 4.81. The number of esters is 1. The maximum atomic E-state index is 12.6. The Morgan fingerprint density at radius 1 is 1.04 bits per heavy atom. The molecule has 3 heteroatoms. The van der Waals surface area contributed by atoms with Crippen molar-refractivity contribution in [2.24, 2.45) is 5.92 Å². The summed E-state index contributed by atoms with van der Waals surface area (Å²) in [6, 6.07) is 16.6. The molecule has 146 valence electrons. The number of nitriles is 1. The second-order valence-corrected chi connectivity index (χ2v) is 7.76. The Labute approximate surface area is 168 Å². The lowest BCUT2D eigenvalue weighted by Crippen LogP contribution is -2.25. The summed E-state index contributed by atoms with van der Waals surface area (Å²) >= 11 is 0. The van der Waals surface area contributed by atoms with Crippen molar-refractivity contribution < 1.29 is 9.53 Å². The zero-order valence-corrected chi connectivity index (χ0v) is 16.9. The average Bonchev–Trinajstić information content (AvgIpc) is 2.75. The first-order valence-electron chi connectivity index (χ1n) is 10.5. The van der Waals surface area contributed by atoms with Gasteiger partial charge in [0.05, 0.1) is 11.5 Å². The Kier molecular flexibility index (Phi) is 6.87. The highest BCUT2D eigenvalue weighted by atomic mass is 16.5. The van der Waals surface area contributed by atoms with Gasteiger partial charge in [-0.05, 0) is 73.3 Å². The van der Waals surface area contributed by atoms with Gasteiger partial charge in [-0.15, -0.1) is 0 Å². The predicted molar refractivity (Wildman–Crippen MR) is 111 cm³/mol. The van der Waals surface area contributed by atoms with E-state index in [4.69, 9.17) is 4.74 Å². The van der Waals surface area contributed by atoms with E-state index in [0.717, 1.165) is 50.5 Å². The van der Waals surface area contributed by atoms with Gasteiger partial charge in [-0.3, -0.25) is 4.79 Å². The smallest absolute Gasteiger partial charge is 0.314 e. The van der Waals surface area contributed by atoms with E-state index in [1.54, 1.807) is 6.07 Å². The molecule has 0 bridgehead atoms. The number of benzene rings is 2. The fourth-order valence-electron chi connectivity index (χ4n) is 4.08. The van der Waals surface area contributed by atoms with E-state index in [-0.39, 0.29) is 11.9 Å². The van der Waals surface area contributed by atoms with Gasteiger partial charge in [0.25, 0.3) is 0 Å². The van der Waals surface area contributed by atoms with Gasteiger partial charge in [0.2, 0.25) is 0 Å². The quantitative estimate of drug-likeness (QED) is 0.463. The molecule has 2 aromatic carbocycles. The third-order valence-corrected chi connectivity index (χ3v) is 5.83. The molecule has 2 aromatic rings. The standard InChI is InChI=1S/C25H29NO2/c1-3-5-19-8-15-24(23(16-19)17-26)28-25(27)22-13-11-21(12-14-22)20-9-6-18(4-2)7-10-20/h6-10,15-16,21-22H,3-5,11-14H2,1-2H3. The molecule has 1 saturated carbocycles. The molecule has 0 radical (unpaired) electrons. The van der Waals surface area contributed by atoms with Crippen molar-refractivity contribution in [1.29, 1.82) is 5.26 Å². The number of rotatable bonds is 6. The van der Waals surface area contributed by atoms with E-state index in [0.29, 0.717) is 17.2 Å². The SMILES string of the molecule is CCCc1ccc(OC(=O)C2CCC(c3ccc(CC)cc3)CC2)c(C#N)c1. The van der Waals surface area contributed by atoms with Crippen LogP contribution in [0.2, 0.25) is 0 Å². The number of carbonyl (C=O) groups excluding carboxylic acids is 1. The largest absolute Gasteiger partial charge is 0.425 e. The Morgan fingerprint density at radius 2 is 1.71 bits per heavy atom. The van der Waals surface area contributed by atoms with Gasteiger partial charge in [0.15, 0.2) is 0 Å². The summed E-state index contributed by atoms with van der Waals surface area (Å²) in [5.74, 6) is 0.648. The van der Waals surface area contributed by atoms with Crippen LogP contribution in [-0.4, -0.2) is 5.97 Å². The molecule has 0 N–H and O–H groups in total. The molecule has 28 heavy (non-hydrogen) atoms. The minimum atomic E-state index is -0.195. The van der Waals surface area contributed by atoms with Gasteiger partial charge in [-0.2, -0.15) is 5.26 Å². The lowest BCUT2D eigenvalue weighted by Gasteiger charge is -2.27. The van der Waals surface area contributed by atoms with Crippen molar-refractivity contribution in [3.63, 3.8) is 0 Å². The van der Waals surface area contributed by atoms with E-state index in [2.05, 4.69) is 44.2 Å². The topological polar surface area (TPSA) is 50.1 Å². The normalized spacial score (nSPS) is 19.0. The molecule has 3 nitrogen and oxygen atoms in total. The predicted octanol–water partition coefficient (Wildman–Crippen LogP) is 5.95. The molecule has 0 aliphatic heterocycles. The van der Waals surface area contributed by atoms with E-state index >= 15 is 0 Å². The maximum absolute atomic E-state index is 12.6. The van der Waals surface area contributed by atoms with Crippen LogP contribution in [0.3, 0.4) is 0 Å². The van der Waals surface area contributed by atoms with Crippen molar-refractivity contribution in [3.05, 3.63) is 64.7 Å². The van der Waals surface area contributed by atoms with Crippen molar-refractivity contribution in [1.82, 2.24) is 0 Å². The van der Waals surface area contributed by atoms with Crippen LogP contribution in [0.15, 0.2) is 42.5 Å². The first-order chi connectivity index (χ1) is 13.6. The van der Waals surface area contributed by atoms with Crippen LogP contribution in [0.5, 0.6) is 5.75 Å². The highest BCUT2D eigenvalue weighted by Crippen LogP contribution is 2.36. The van der Waals surface area contributed by atoms with E-state index in [1.807, 2.05) is 12.1 Å². The lowest BCUT2D eigenvalue weighted by molar-refractivity contribution is -0.140. The maximum Gasteiger partial charge on any atom is 0.314 e. The summed E-state index contributed by atoms with van der Waals surface area (Å²) in [6.45, 7) is 4.27. The molecule has 1 fully saturated rings. The first-order valence-corrected chi connectivity index (χ1v) is 10.5. The first kappa shape index (κ1) is 20.1. The zero-order chi connectivity index (χ0) is 19.9. The Morgan fingerprint density at radius 3 is 2.32 bits per heavy atom. The highest BCUT2D eigenvalue weighted by molar-refractivity contribution is 5.76. The van der Waals surface area contributed by atoms with Crippen LogP contribution < -0.4 is 4.74 Å². The summed E-state index contributed by atoms with van der Waals surface area (Å²) < 4.78 is 5.62. The van der Waals surface area contributed by atoms with Crippen LogP contribution in [0.4, 0.5) is 0 Å². The van der Waals surface area contributed by atoms with Gasteiger partial charge in [0, 0.05) is 0 Å². The van der Waals surface area contributed by atoms with Crippen LogP contribution in [0, 0.1) is 17.2 Å². The molecule has 0 heterocycles. The number of nitrogens with zero attached hydrogens (tertiary/aromatic N) is 1. The number of carbonyl (C=O) groups is 1. The van der Waals surface area contributed by atoms with Crippen molar-refractivity contribution in [2.75, 3.05) is 0 Å². The van der Waals surface area contributed by atoms with Crippen molar-refractivity contribution in [3.8, 4) is 11.8 Å². The number of ether oxygens (including phenoxy) is 1. The molecule has 0 spiro atoms. The number of hydrogen-bond donors (Lipinski definition) is 0. The van der Waals surface area contributed by atoms with Gasteiger partial charge in [-0.25, -0.2) is 0 Å². The molecule has 0 amide bonds. The highest BCUT2D eigenvalue weighted by Gasteiger charge is 2.29. The second-order valence-electron chi connectivity index (χ2n) is 7.76. The van der Waals surface area contributed by atoms with Crippen LogP contribution in [0.1, 0.15) is 74.1 Å². The van der Waals surface area contributed by atoms with Crippen LogP contribution in [0.25, 0.3) is 0 Å². The van der Waals surface area contributed by atoms with Crippen LogP contribution in [-0.2, 0) is 17.6 Å². The van der Waals surface area contributed by atoms with Crippen molar-refractivity contribution in [2.45, 2.75) is 64.7 Å². The molecule has 1 aliphatic carbocycles.